The van der Waals surface area contributed by atoms with E-state index in [-0.39, 0.29) is 5.92 Å². The lowest BCUT2D eigenvalue weighted by Gasteiger charge is -2.30. The molecule has 6 nitrogen and oxygen atoms in total. The molecule has 0 atom stereocenters. The number of carboxylic acids is 1. The van der Waals surface area contributed by atoms with Gasteiger partial charge < -0.3 is 10.0 Å². The second-order valence-electron chi connectivity index (χ2n) is 5.07. The van der Waals surface area contributed by atoms with Crippen molar-refractivity contribution in [3.8, 4) is 6.07 Å². The summed E-state index contributed by atoms with van der Waals surface area (Å²) in [5.74, 6) is -0.459. The number of hydrogen-bond acceptors (Lipinski definition) is 4. The molecule has 3 rings (SSSR count). The maximum atomic E-state index is 11.0. The second-order valence-corrected chi connectivity index (χ2v) is 5.50. The molecule has 1 aliphatic rings. The number of rotatable bonds is 2. The van der Waals surface area contributed by atoms with Crippen LogP contribution >= 0.6 is 11.6 Å². The maximum absolute atomic E-state index is 11.0. The zero-order valence-corrected chi connectivity index (χ0v) is 11.9. The number of nitrogens with zero attached hydrogens (tertiary/aromatic N) is 4. The molecule has 1 fully saturated rings. The van der Waals surface area contributed by atoms with E-state index in [2.05, 4.69) is 11.1 Å². The number of halogens is 1. The Kier molecular flexibility index (Phi) is 3.43. The van der Waals surface area contributed by atoms with E-state index >= 15 is 0 Å². The van der Waals surface area contributed by atoms with E-state index in [1.807, 2.05) is 4.90 Å². The number of carboxylic acid groups (broad SMARTS) is 1. The van der Waals surface area contributed by atoms with Crippen molar-refractivity contribution in [1.29, 1.82) is 5.26 Å². The Morgan fingerprint density at radius 2 is 2.19 bits per heavy atom. The minimum Gasteiger partial charge on any atom is -0.481 e. The molecule has 0 aromatic carbocycles. The summed E-state index contributed by atoms with van der Waals surface area (Å²) in [6.07, 6.45) is 2.85. The Hall–Kier alpha value is -2.26. The van der Waals surface area contributed by atoms with Crippen molar-refractivity contribution in [2.75, 3.05) is 18.0 Å². The van der Waals surface area contributed by atoms with Crippen molar-refractivity contribution in [2.45, 2.75) is 12.8 Å². The van der Waals surface area contributed by atoms with Crippen molar-refractivity contribution in [3.63, 3.8) is 0 Å². The summed E-state index contributed by atoms with van der Waals surface area (Å²) < 4.78 is 1.70. The van der Waals surface area contributed by atoms with Crippen molar-refractivity contribution in [2.24, 2.45) is 5.92 Å². The molecule has 0 bridgehead atoms. The summed E-state index contributed by atoms with van der Waals surface area (Å²) in [7, 11) is 0. The zero-order valence-electron chi connectivity index (χ0n) is 11.2. The van der Waals surface area contributed by atoms with Gasteiger partial charge in [0, 0.05) is 30.4 Å². The van der Waals surface area contributed by atoms with Gasteiger partial charge in [-0.3, -0.25) is 9.20 Å². The van der Waals surface area contributed by atoms with Gasteiger partial charge in [0.2, 0.25) is 0 Å². The minimum atomic E-state index is -0.753. The van der Waals surface area contributed by atoms with Crippen molar-refractivity contribution in [3.05, 3.63) is 29.0 Å². The lowest BCUT2D eigenvalue weighted by Crippen LogP contribution is -2.36. The first-order valence-electron chi connectivity index (χ1n) is 6.65. The van der Waals surface area contributed by atoms with E-state index in [0.717, 1.165) is 0 Å². The van der Waals surface area contributed by atoms with Crippen LogP contribution in [0.15, 0.2) is 18.3 Å². The largest absolute Gasteiger partial charge is 0.481 e. The fraction of sp³-hybridized carbons (Fsp3) is 0.357. The number of hydrogen-bond donors (Lipinski definition) is 1. The normalized spacial score (nSPS) is 16.1. The van der Waals surface area contributed by atoms with Gasteiger partial charge in [0.15, 0.2) is 11.5 Å². The Morgan fingerprint density at radius 3 is 2.81 bits per heavy atom. The van der Waals surface area contributed by atoms with E-state index in [1.54, 1.807) is 22.7 Å². The van der Waals surface area contributed by atoms with Gasteiger partial charge >= 0.3 is 5.97 Å². The average Bonchev–Trinajstić information content (AvgIpc) is 2.84. The van der Waals surface area contributed by atoms with Gasteiger partial charge in [-0.25, -0.2) is 4.98 Å². The summed E-state index contributed by atoms with van der Waals surface area (Å²) in [5.41, 5.74) is 1.07. The molecule has 1 saturated heterocycles. The number of anilines is 1. The monoisotopic (exact) mass is 304 g/mol. The third-order valence-electron chi connectivity index (χ3n) is 3.82. The van der Waals surface area contributed by atoms with E-state index in [0.29, 0.717) is 48.1 Å². The van der Waals surface area contributed by atoms with Crippen molar-refractivity contribution in [1.82, 2.24) is 9.38 Å². The highest BCUT2D eigenvalue weighted by molar-refractivity contribution is 6.30. The number of nitriles is 1. The Morgan fingerprint density at radius 1 is 1.48 bits per heavy atom. The fourth-order valence-electron chi connectivity index (χ4n) is 2.67. The van der Waals surface area contributed by atoms with Gasteiger partial charge in [0.1, 0.15) is 11.7 Å². The number of aliphatic carboxylic acids is 1. The van der Waals surface area contributed by atoms with E-state index in [9.17, 15) is 10.1 Å². The number of imidazole rings is 1. The van der Waals surface area contributed by atoms with Crippen LogP contribution in [0.3, 0.4) is 0 Å². The highest BCUT2D eigenvalue weighted by Crippen LogP contribution is 2.27. The predicted molar refractivity (Wildman–Crippen MR) is 77.5 cm³/mol. The molecule has 0 unspecified atom stereocenters. The van der Waals surface area contributed by atoms with E-state index < -0.39 is 5.97 Å². The molecule has 2 aromatic rings. The molecular weight excluding hydrogens is 292 g/mol. The molecule has 7 heteroatoms. The number of piperidine rings is 1. The third kappa shape index (κ3) is 2.41. The quantitative estimate of drug-likeness (QED) is 0.919. The van der Waals surface area contributed by atoms with Crippen LogP contribution in [0.2, 0.25) is 5.02 Å². The van der Waals surface area contributed by atoms with Crippen LogP contribution in [0, 0.1) is 17.2 Å². The minimum absolute atomic E-state index is 0.307. The molecule has 3 heterocycles. The third-order valence-corrected chi connectivity index (χ3v) is 4.05. The molecule has 108 valence electrons. The summed E-state index contributed by atoms with van der Waals surface area (Å²) in [6.45, 7) is 1.17. The van der Waals surface area contributed by atoms with Crippen LogP contribution in [-0.2, 0) is 4.79 Å². The predicted octanol–water partition coefficient (Wildman–Crippen LogP) is 2.16. The molecule has 0 saturated carbocycles. The Labute approximate surface area is 126 Å². The fourth-order valence-corrected chi connectivity index (χ4v) is 2.82. The Balaban J connectivity index is 1.94. The van der Waals surface area contributed by atoms with Crippen molar-refractivity contribution < 1.29 is 9.90 Å². The number of fused-ring (bicyclic) bond motifs is 1. The van der Waals surface area contributed by atoms with Crippen LogP contribution in [0.4, 0.5) is 5.82 Å². The summed E-state index contributed by atoms with van der Waals surface area (Å²) >= 11 is 5.95. The first-order valence-corrected chi connectivity index (χ1v) is 7.03. The lowest BCUT2D eigenvalue weighted by atomic mass is 9.97. The number of aromatic nitrogens is 2. The Bertz CT molecular complexity index is 741. The van der Waals surface area contributed by atoms with Crippen LogP contribution < -0.4 is 4.90 Å². The molecule has 1 N–H and O–H groups in total. The molecule has 21 heavy (non-hydrogen) atoms. The van der Waals surface area contributed by atoms with E-state index in [1.165, 1.54) is 0 Å². The molecular formula is C14H13ClN4O2. The second kappa shape index (κ2) is 5.26. The first kappa shape index (κ1) is 13.7. The molecule has 2 aromatic heterocycles. The smallest absolute Gasteiger partial charge is 0.306 e. The van der Waals surface area contributed by atoms with Crippen LogP contribution in [0.1, 0.15) is 18.5 Å². The van der Waals surface area contributed by atoms with Gasteiger partial charge in [-0.2, -0.15) is 5.26 Å². The highest BCUT2D eigenvalue weighted by atomic mass is 35.5. The van der Waals surface area contributed by atoms with E-state index in [4.69, 9.17) is 16.7 Å². The number of carbonyl (C=O) groups is 1. The summed E-state index contributed by atoms with van der Waals surface area (Å²) in [6, 6.07) is 5.58. The standard InChI is InChI=1S/C14H13ClN4O2/c15-10-3-6-19-11(8-16)13(17-12(19)7-10)18-4-1-9(2-5-18)14(20)21/h3,6-7,9H,1-2,4-5H2,(H,20,21). The highest BCUT2D eigenvalue weighted by Gasteiger charge is 2.27. The average molecular weight is 305 g/mol. The van der Waals surface area contributed by atoms with Gasteiger partial charge in [0.25, 0.3) is 0 Å². The van der Waals surface area contributed by atoms with Gasteiger partial charge in [-0.15, -0.1) is 0 Å². The van der Waals surface area contributed by atoms with Gasteiger partial charge in [-0.05, 0) is 18.9 Å². The molecule has 1 aliphatic heterocycles. The molecule has 0 amide bonds. The molecule has 0 aliphatic carbocycles. The summed E-state index contributed by atoms with van der Waals surface area (Å²) in [5, 5.41) is 19.0. The van der Waals surface area contributed by atoms with Crippen molar-refractivity contribution >= 4 is 29.0 Å². The van der Waals surface area contributed by atoms with Crippen LogP contribution in [-0.4, -0.2) is 33.6 Å². The first-order chi connectivity index (χ1) is 10.1. The SMILES string of the molecule is N#Cc1c(N2CCC(C(=O)O)CC2)nc2cc(Cl)ccn12. The maximum Gasteiger partial charge on any atom is 0.306 e. The molecule has 0 spiro atoms. The van der Waals surface area contributed by atoms with Crippen LogP contribution in [0.5, 0.6) is 0 Å². The lowest BCUT2D eigenvalue weighted by molar-refractivity contribution is -0.142. The topological polar surface area (TPSA) is 81.6 Å². The number of pyridine rings is 1. The van der Waals surface area contributed by atoms with Gasteiger partial charge in [0.05, 0.1) is 5.92 Å². The summed E-state index contributed by atoms with van der Waals surface area (Å²) in [4.78, 5) is 17.4. The molecule has 0 radical (unpaired) electrons. The van der Waals surface area contributed by atoms with Gasteiger partial charge in [-0.1, -0.05) is 11.6 Å². The zero-order chi connectivity index (χ0) is 15.0. The van der Waals surface area contributed by atoms with Crippen LogP contribution in [0.25, 0.3) is 5.65 Å².